The Labute approximate surface area is 225 Å². The number of aromatic nitrogens is 2. The highest BCUT2D eigenvalue weighted by atomic mass is 35.5. The molecular formula is C28H27ClFN7O. The molecule has 1 aromatic heterocycles. The molecule has 3 aromatic carbocycles. The number of halogens is 2. The quantitative estimate of drug-likeness (QED) is 0.248. The number of hydrogen-bond donors (Lipinski definition) is 1. The summed E-state index contributed by atoms with van der Waals surface area (Å²) in [5, 5.41) is 15.1. The van der Waals surface area contributed by atoms with Gasteiger partial charge in [0.05, 0.1) is 22.8 Å². The molecule has 1 aliphatic heterocycles. The molecule has 0 atom stereocenters. The fourth-order valence-electron chi connectivity index (χ4n) is 4.08. The number of nitrogens with zero attached hydrogens (tertiary/aromatic N) is 6. The van der Waals surface area contributed by atoms with Crippen molar-refractivity contribution in [3.63, 3.8) is 0 Å². The van der Waals surface area contributed by atoms with E-state index in [4.69, 9.17) is 16.3 Å². The Bertz CT molecular complexity index is 1510. The summed E-state index contributed by atoms with van der Waals surface area (Å²) >= 11 is 6.48. The Kier molecular flexibility index (Phi) is 7.65. The minimum atomic E-state index is -0.304. The normalized spacial score (nSPS) is 13.9. The zero-order valence-corrected chi connectivity index (χ0v) is 21.9. The van der Waals surface area contributed by atoms with E-state index in [0.29, 0.717) is 23.1 Å². The van der Waals surface area contributed by atoms with Crippen LogP contribution in [0.25, 0.3) is 10.9 Å². The lowest BCUT2D eigenvalue weighted by molar-refractivity contribution is 0.306. The monoisotopic (exact) mass is 531 g/mol. The molecule has 0 fully saturated rings. The maximum Gasteiger partial charge on any atom is 0.141 e. The summed E-state index contributed by atoms with van der Waals surface area (Å²) in [5.41, 5.74) is 4.05. The maximum absolute atomic E-state index is 13.4. The predicted octanol–water partition coefficient (Wildman–Crippen LogP) is 7.12. The number of ether oxygens (including phenoxy) is 1. The van der Waals surface area contributed by atoms with Crippen LogP contribution in [-0.4, -0.2) is 34.5 Å². The van der Waals surface area contributed by atoms with Crippen LogP contribution >= 0.6 is 11.6 Å². The molecule has 0 aliphatic carbocycles. The summed E-state index contributed by atoms with van der Waals surface area (Å²) in [6.07, 6.45) is 3.57. The third-order valence-electron chi connectivity index (χ3n) is 6.13. The Morgan fingerprint density at radius 2 is 1.95 bits per heavy atom. The van der Waals surface area contributed by atoms with Gasteiger partial charge in [0.1, 0.15) is 36.0 Å². The second kappa shape index (κ2) is 11.4. The zero-order chi connectivity index (χ0) is 26.5. The van der Waals surface area contributed by atoms with E-state index in [1.54, 1.807) is 24.3 Å². The van der Waals surface area contributed by atoms with Crippen LogP contribution < -0.4 is 15.1 Å². The summed E-state index contributed by atoms with van der Waals surface area (Å²) < 4.78 is 19.2. The molecule has 38 heavy (non-hydrogen) atoms. The molecule has 0 unspecified atom stereocenters. The predicted molar refractivity (Wildman–Crippen MR) is 148 cm³/mol. The van der Waals surface area contributed by atoms with Crippen molar-refractivity contribution in [1.29, 1.82) is 0 Å². The number of hydrogen-bond acceptors (Lipinski definition) is 8. The van der Waals surface area contributed by atoms with Crippen molar-refractivity contribution in [3.05, 3.63) is 95.3 Å². The van der Waals surface area contributed by atoms with Gasteiger partial charge in [0, 0.05) is 30.4 Å². The van der Waals surface area contributed by atoms with E-state index in [-0.39, 0.29) is 12.4 Å². The van der Waals surface area contributed by atoms with Gasteiger partial charge in [-0.2, -0.15) is 0 Å². The van der Waals surface area contributed by atoms with Crippen LogP contribution in [0.5, 0.6) is 5.75 Å². The van der Waals surface area contributed by atoms with Gasteiger partial charge in [-0.05, 0) is 67.9 Å². The highest BCUT2D eigenvalue weighted by Gasteiger charge is 2.17. The first kappa shape index (κ1) is 25.4. The number of anilines is 3. The summed E-state index contributed by atoms with van der Waals surface area (Å²) in [4.78, 5) is 11.1. The summed E-state index contributed by atoms with van der Waals surface area (Å²) in [5.74, 6) is 0.835. The third-order valence-corrected chi connectivity index (χ3v) is 6.43. The van der Waals surface area contributed by atoms with Gasteiger partial charge >= 0.3 is 0 Å². The number of rotatable bonds is 9. The SMILES string of the molecule is CCN(/C=C1\CN(c2ccc3ncnc(Nc4ccc(OCc5cccc(F)c5)c(Cl)c4)c3c2)N=N1)CC. The number of nitrogens with one attached hydrogen (secondary N) is 1. The van der Waals surface area contributed by atoms with Crippen LogP contribution in [0.4, 0.5) is 21.6 Å². The highest BCUT2D eigenvalue weighted by Crippen LogP contribution is 2.33. The average molecular weight is 532 g/mol. The summed E-state index contributed by atoms with van der Waals surface area (Å²) in [6.45, 7) is 6.87. The Hall–Kier alpha value is -4.24. The first-order chi connectivity index (χ1) is 18.5. The van der Waals surface area contributed by atoms with E-state index >= 15 is 0 Å². The number of benzene rings is 3. The standard InChI is InChI=1S/C28H27ClFN7O/c1-3-36(4-2)15-22-16-37(35-34-22)23-9-10-26-24(14-23)28(32-18-31-26)33-21-8-11-27(25(29)13-21)38-17-19-6-5-7-20(30)12-19/h5-15,18H,3-4,16-17H2,1-2H3,(H,31,32,33)/b22-15+. The minimum Gasteiger partial charge on any atom is -0.487 e. The summed E-state index contributed by atoms with van der Waals surface area (Å²) in [6, 6.07) is 17.6. The average Bonchev–Trinajstić information content (AvgIpc) is 3.40. The molecule has 4 aromatic rings. The van der Waals surface area contributed by atoms with Crippen LogP contribution in [0.2, 0.25) is 5.02 Å². The molecule has 0 saturated carbocycles. The van der Waals surface area contributed by atoms with Crippen molar-refractivity contribution in [2.75, 3.05) is 30.0 Å². The number of fused-ring (bicyclic) bond motifs is 1. The van der Waals surface area contributed by atoms with E-state index in [1.807, 2.05) is 29.3 Å². The Morgan fingerprint density at radius 1 is 1.08 bits per heavy atom. The van der Waals surface area contributed by atoms with Crippen molar-refractivity contribution in [1.82, 2.24) is 14.9 Å². The molecule has 0 bridgehead atoms. The molecule has 5 rings (SSSR count). The molecule has 1 N–H and O–H groups in total. The van der Waals surface area contributed by atoms with E-state index < -0.39 is 0 Å². The maximum atomic E-state index is 13.4. The Morgan fingerprint density at radius 3 is 2.74 bits per heavy atom. The van der Waals surface area contributed by atoms with Crippen LogP contribution in [0, 0.1) is 5.82 Å². The molecule has 194 valence electrons. The van der Waals surface area contributed by atoms with E-state index in [2.05, 4.69) is 50.6 Å². The van der Waals surface area contributed by atoms with Crippen molar-refractivity contribution in [2.45, 2.75) is 20.5 Å². The van der Waals surface area contributed by atoms with Crippen molar-refractivity contribution in [3.8, 4) is 5.75 Å². The van der Waals surface area contributed by atoms with Gasteiger partial charge in [0.25, 0.3) is 0 Å². The van der Waals surface area contributed by atoms with Crippen molar-refractivity contribution < 1.29 is 9.13 Å². The smallest absolute Gasteiger partial charge is 0.141 e. The van der Waals surface area contributed by atoms with E-state index in [9.17, 15) is 4.39 Å². The minimum absolute atomic E-state index is 0.212. The third kappa shape index (κ3) is 5.84. The lowest BCUT2D eigenvalue weighted by Crippen LogP contribution is -2.18. The van der Waals surface area contributed by atoms with Crippen LogP contribution in [0.15, 0.2) is 89.2 Å². The molecule has 10 heteroatoms. The molecule has 2 heterocycles. The molecule has 1 aliphatic rings. The first-order valence-corrected chi connectivity index (χ1v) is 12.7. The van der Waals surface area contributed by atoms with Gasteiger partial charge in [-0.3, -0.25) is 0 Å². The topological polar surface area (TPSA) is 78.2 Å². The second-order valence-electron chi connectivity index (χ2n) is 8.70. The van der Waals surface area contributed by atoms with Crippen molar-refractivity contribution >= 4 is 39.7 Å². The van der Waals surface area contributed by atoms with E-state index in [1.165, 1.54) is 18.5 Å². The van der Waals surface area contributed by atoms with Gasteiger partial charge in [-0.25, -0.2) is 19.4 Å². The largest absolute Gasteiger partial charge is 0.487 e. The van der Waals surface area contributed by atoms with Gasteiger partial charge in [0.2, 0.25) is 0 Å². The fourth-order valence-corrected chi connectivity index (χ4v) is 4.31. The molecule has 8 nitrogen and oxygen atoms in total. The molecule has 0 radical (unpaired) electrons. The van der Waals surface area contributed by atoms with Gasteiger partial charge in [-0.15, -0.1) is 5.11 Å². The van der Waals surface area contributed by atoms with Crippen LogP contribution in [-0.2, 0) is 6.61 Å². The molecule has 0 amide bonds. The van der Waals surface area contributed by atoms with Crippen molar-refractivity contribution in [2.24, 2.45) is 10.3 Å². The van der Waals surface area contributed by atoms with Crippen LogP contribution in [0.1, 0.15) is 19.4 Å². The highest BCUT2D eigenvalue weighted by molar-refractivity contribution is 6.32. The molecular weight excluding hydrogens is 505 g/mol. The van der Waals surface area contributed by atoms with Gasteiger partial charge in [0.15, 0.2) is 0 Å². The fraction of sp³-hybridized carbons (Fsp3) is 0.214. The van der Waals surface area contributed by atoms with E-state index in [0.717, 1.165) is 46.6 Å². The lowest BCUT2D eigenvalue weighted by Gasteiger charge is -2.16. The van der Waals surface area contributed by atoms with Gasteiger partial charge < -0.3 is 15.0 Å². The zero-order valence-electron chi connectivity index (χ0n) is 21.1. The van der Waals surface area contributed by atoms with Crippen LogP contribution in [0.3, 0.4) is 0 Å². The molecule has 0 saturated heterocycles. The second-order valence-corrected chi connectivity index (χ2v) is 9.11. The lowest BCUT2D eigenvalue weighted by atomic mass is 10.2. The Balaban J connectivity index is 1.32. The van der Waals surface area contributed by atoms with Gasteiger partial charge in [-0.1, -0.05) is 29.0 Å². The summed E-state index contributed by atoms with van der Waals surface area (Å²) in [7, 11) is 0. The molecule has 0 spiro atoms. The first-order valence-electron chi connectivity index (χ1n) is 12.3.